The largest absolute Gasteiger partial charge is 0.348 e. The molecule has 4 rings (SSSR count). The third-order valence-electron chi connectivity index (χ3n) is 3.80. The average molecular weight is 349 g/mol. The number of benzene rings is 1. The van der Waals surface area contributed by atoms with Crippen molar-refractivity contribution in [2.24, 2.45) is 0 Å². The molecular formula is C16H11ClF2N4O. The smallest absolute Gasteiger partial charge is 0.272 e. The van der Waals surface area contributed by atoms with Crippen LogP contribution >= 0.6 is 11.6 Å². The van der Waals surface area contributed by atoms with E-state index in [1.807, 2.05) is 0 Å². The van der Waals surface area contributed by atoms with Crippen molar-refractivity contribution in [2.45, 2.75) is 18.9 Å². The average Bonchev–Trinajstić information content (AvgIpc) is 3.28. The van der Waals surface area contributed by atoms with Crippen LogP contribution in [0.25, 0.3) is 16.8 Å². The summed E-state index contributed by atoms with van der Waals surface area (Å²) in [5.41, 5.74) is 0.300. The lowest BCUT2D eigenvalue weighted by Gasteiger charge is -2.06. The molecule has 0 bridgehead atoms. The standard InChI is InChI=1S/C16H11ClF2N4O/c17-10-7-11(18)9(6-12(10)19)13-14(16(24)21-8-2-3-8)22-23-5-1-4-20-15(13)23/h1,4-8H,2-3H2,(H,21,24). The van der Waals surface area contributed by atoms with Gasteiger partial charge in [0, 0.05) is 24.0 Å². The summed E-state index contributed by atoms with van der Waals surface area (Å²) in [6.45, 7) is 0. The Labute approximate surface area is 140 Å². The van der Waals surface area contributed by atoms with Gasteiger partial charge in [0.25, 0.3) is 5.91 Å². The molecule has 1 aromatic carbocycles. The number of hydrogen-bond donors (Lipinski definition) is 1. The van der Waals surface area contributed by atoms with Gasteiger partial charge in [0.2, 0.25) is 0 Å². The van der Waals surface area contributed by atoms with E-state index in [9.17, 15) is 13.6 Å². The van der Waals surface area contributed by atoms with Gasteiger partial charge in [0.15, 0.2) is 11.3 Å². The highest BCUT2D eigenvalue weighted by molar-refractivity contribution is 6.30. The van der Waals surface area contributed by atoms with E-state index >= 15 is 0 Å². The number of nitrogens with one attached hydrogen (secondary N) is 1. The van der Waals surface area contributed by atoms with Gasteiger partial charge >= 0.3 is 0 Å². The highest BCUT2D eigenvalue weighted by Crippen LogP contribution is 2.33. The first-order valence-electron chi connectivity index (χ1n) is 7.33. The van der Waals surface area contributed by atoms with Crippen LogP contribution in [-0.2, 0) is 0 Å². The molecule has 8 heteroatoms. The topological polar surface area (TPSA) is 59.3 Å². The number of rotatable bonds is 3. The van der Waals surface area contributed by atoms with Crippen molar-refractivity contribution in [1.29, 1.82) is 0 Å². The van der Waals surface area contributed by atoms with Crippen LogP contribution in [0.5, 0.6) is 0 Å². The first-order chi connectivity index (χ1) is 11.5. The maximum absolute atomic E-state index is 14.4. The van der Waals surface area contributed by atoms with Crippen LogP contribution in [0.3, 0.4) is 0 Å². The van der Waals surface area contributed by atoms with E-state index < -0.39 is 17.5 Å². The number of hydrogen-bond acceptors (Lipinski definition) is 3. The van der Waals surface area contributed by atoms with E-state index in [-0.39, 0.29) is 33.5 Å². The lowest BCUT2D eigenvalue weighted by atomic mass is 10.0. The molecule has 0 spiro atoms. The van der Waals surface area contributed by atoms with Crippen LogP contribution in [0.2, 0.25) is 5.02 Å². The monoisotopic (exact) mass is 348 g/mol. The highest BCUT2D eigenvalue weighted by Gasteiger charge is 2.29. The van der Waals surface area contributed by atoms with Crippen molar-refractivity contribution < 1.29 is 13.6 Å². The number of aromatic nitrogens is 3. The van der Waals surface area contributed by atoms with Crippen molar-refractivity contribution in [2.75, 3.05) is 0 Å². The zero-order chi connectivity index (χ0) is 16.8. The van der Waals surface area contributed by atoms with Crippen LogP contribution < -0.4 is 5.32 Å². The zero-order valence-corrected chi connectivity index (χ0v) is 13.0. The number of amides is 1. The van der Waals surface area contributed by atoms with Gasteiger partial charge in [0.05, 0.1) is 10.6 Å². The fraction of sp³-hybridized carbons (Fsp3) is 0.188. The molecule has 1 aliphatic rings. The Morgan fingerprint density at radius 3 is 2.83 bits per heavy atom. The van der Waals surface area contributed by atoms with Crippen molar-refractivity contribution in [3.8, 4) is 11.1 Å². The van der Waals surface area contributed by atoms with Gasteiger partial charge in [-0.3, -0.25) is 4.79 Å². The van der Waals surface area contributed by atoms with Gasteiger partial charge in [-0.1, -0.05) is 11.6 Å². The van der Waals surface area contributed by atoms with Crippen molar-refractivity contribution in [3.63, 3.8) is 0 Å². The minimum absolute atomic E-state index is 0.00113. The minimum atomic E-state index is -0.781. The van der Waals surface area contributed by atoms with Crippen LogP contribution in [0, 0.1) is 11.6 Å². The van der Waals surface area contributed by atoms with Gasteiger partial charge in [-0.15, -0.1) is 0 Å². The van der Waals surface area contributed by atoms with Crippen LogP contribution in [-0.4, -0.2) is 26.5 Å². The number of fused-ring (bicyclic) bond motifs is 1. The maximum Gasteiger partial charge on any atom is 0.272 e. The summed E-state index contributed by atoms with van der Waals surface area (Å²) in [5.74, 6) is -1.97. The molecule has 24 heavy (non-hydrogen) atoms. The Balaban J connectivity index is 1.95. The van der Waals surface area contributed by atoms with E-state index in [2.05, 4.69) is 15.4 Å². The number of nitrogens with zero attached hydrogens (tertiary/aromatic N) is 3. The number of halogens is 3. The molecule has 1 saturated carbocycles. The predicted molar refractivity (Wildman–Crippen MR) is 83.8 cm³/mol. The van der Waals surface area contributed by atoms with Gasteiger partial charge in [-0.05, 0) is 31.0 Å². The fourth-order valence-corrected chi connectivity index (χ4v) is 2.64. The summed E-state index contributed by atoms with van der Waals surface area (Å²) in [7, 11) is 0. The van der Waals surface area contributed by atoms with Crippen molar-refractivity contribution in [3.05, 3.63) is 52.9 Å². The van der Waals surface area contributed by atoms with Crippen LogP contribution in [0.4, 0.5) is 8.78 Å². The second-order valence-electron chi connectivity index (χ2n) is 5.61. The summed E-state index contributed by atoms with van der Waals surface area (Å²) in [6, 6.07) is 3.57. The molecule has 1 N–H and O–H groups in total. The maximum atomic E-state index is 14.4. The normalized spacial score (nSPS) is 14.1. The SMILES string of the molecule is O=C(NC1CC1)c1nn2cccnc2c1-c1cc(F)c(Cl)cc1F. The van der Waals surface area contributed by atoms with Gasteiger partial charge in [0.1, 0.15) is 11.6 Å². The third-order valence-corrected chi connectivity index (χ3v) is 4.09. The van der Waals surface area contributed by atoms with Crippen LogP contribution in [0.15, 0.2) is 30.6 Å². The molecule has 5 nitrogen and oxygen atoms in total. The third kappa shape index (κ3) is 2.50. The Hall–Kier alpha value is -2.54. The predicted octanol–water partition coefficient (Wildman–Crippen LogP) is 3.22. The van der Waals surface area contributed by atoms with Crippen molar-refractivity contribution >= 4 is 23.2 Å². The van der Waals surface area contributed by atoms with Crippen molar-refractivity contribution in [1.82, 2.24) is 19.9 Å². The molecule has 1 fully saturated rings. The second kappa shape index (κ2) is 5.52. The van der Waals surface area contributed by atoms with Crippen LogP contribution in [0.1, 0.15) is 23.3 Å². The molecule has 3 aromatic rings. The first kappa shape index (κ1) is 15.0. The fourth-order valence-electron chi connectivity index (χ4n) is 2.49. The molecule has 2 heterocycles. The highest BCUT2D eigenvalue weighted by atomic mass is 35.5. The summed E-state index contributed by atoms with van der Waals surface area (Å²) in [5, 5.41) is 6.66. The van der Waals surface area contributed by atoms with Gasteiger partial charge in [-0.2, -0.15) is 5.10 Å². The number of carbonyl (C=O) groups is 1. The Kier molecular flexibility index (Phi) is 3.45. The second-order valence-corrected chi connectivity index (χ2v) is 6.01. The quantitative estimate of drug-likeness (QED) is 0.739. The Morgan fingerprint density at radius 1 is 1.29 bits per heavy atom. The molecule has 0 saturated heterocycles. The summed E-state index contributed by atoms with van der Waals surface area (Å²) < 4.78 is 29.6. The first-order valence-corrected chi connectivity index (χ1v) is 7.71. The summed E-state index contributed by atoms with van der Waals surface area (Å²) >= 11 is 5.61. The lowest BCUT2D eigenvalue weighted by Crippen LogP contribution is -2.26. The molecule has 0 radical (unpaired) electrons. The summed E-state index contributed by atoms with van der Waals surface area (Å²) in [4.78, 5) is 16.6. The van der Waals surface area contributed by atoms with E-state index in [4.69, 9.17) is 11.6 Å². The van der Waals surface area contributed by atoms with Gasteiger partial charge < -0.3 is 5.32 Å². The molecule has 0 aliphatic heterocycles. The molecule has 1 amide bonds. The molecule has 1 aliphatic carbocycles. The minimum Gasteiger partial charge on any atom is -0.348 e. The van der Waals surface area contributed by atoms with E-state index in [1.54, 1.807) is 12.3 Å². The molecular weight excluding hydrogens is 338 g/mol. The molecule has 2 aromatic heterocycles. The Morgan fingerprint density at radius 2 is 2.08 bits per heavy atom. The van der Waals surface area contributed by atoms with Gasteiger partial charge in [-0.25, -0.2) is 18.3 Å². The Bertz CT molecular complexity index is 968. The van der Waals surface area contributed by atoms with E-state index in [0.29, 0.717) is 0 Å². The lowest BCUT2D eigenvalue weighted by molar-refractivity contribution is 0.0946. The molecule has 122 valence electrons. The summed E-state index contributed by atoms with van der Waals surface area (Å²) in [6.07, 6.45) is 4.88. The van der Waals surface area contributed by atoms with E-state index in [1.165, 1.54) is 10.7 Å². The van der Waals surface area contributed by atoms with E-state index in [0.717, 1.165) is 25.0 Å². The molecule has 0 atom stereocenters. The molecule has 0 unspecified atom stereocenters. The number of carbonyl (C=O) groups excluding carboxylic acids is 1. The zero-order valence-electron chi connectivity index (χ0n) is 12.3.